The number of hydrogen-bond donors (Lipinski definition) is 1. The lowest BCUT2D eigenvalue weighted by atomic mass is 9.75. The molecule has 1 aromatic heterocycles. The van der Waals surface area contributed by atoms with Gasteiger partial charge in [-0.05, 0) is 141 Å². The van der Waals surface area contributed by atoms with Gasteiger partial charge in [-0.25, -0.2) is 9.48 Å². The van der Waals surface area contributed by atoms with Crippen molar-refractivity contribution in [1.29, 1.82) is 0 Å². The molecule has 4 heterocycles. The van der Waals surface area contributed by atoms with Gasteiger partial charge in [0, 0.05) is 75.8 Å². The van der Waals surface area contributed by atoms with Crippen molar-refractivity contribution in [3.63, 3.8) is 0 Å². The van der Waals surface area contributed by atoms with Crippen molar-refractivity contribution in [3.8, 4) is 0 Å². The third kappa shape index (κ3) is 17.2. The number of ether oxygens (including phenoxy) is 5. The van der Waals surface area contributed by atoms with E-state index in [1.54, 1.807) is 32.3 Å². The zero-order valence-corrected chi connectivity index (χ0v) is 50.9. The highest BCUT2D eigenvalue weighted by atomic mass is 28.4. The topological polar surface area (TPSA) is 257 Å². The van der Waals surface area contributed by atoms with Crippen LogP contribution in [0.15, 0.2) is 59.0 Å². The molecule has 3 aliphatic heterocycles. The van der Waals surface area contributed by atoms with E-state index in [0.29, 0.717) is 32.1 Å². The number of amides is 1. The highest BCUT2D eigenvalue weighted by Gasteiger charge is 2.54. The number of azide groups is 1. The van der Waals surface area contributed by atoms with E-state index in [1.165, 1.54) is 4.90 Å². The SMILES string of the molecule is CC[Si](CC)(CC)O[C@@H]1/C(C)=C/[C@@H](C)C(=O)C[C@@H]([C@H](C)C[C@@H]2CC[C@H](n3cnnn3)[C@H](OC)C2)COC(=O)[C@@H]2CCCCN2C(=O)C(=O)[C@]2(O)O[C@@H](CC[C@H]2CN=[N+]=[N-])C[C@H](OC)/C(C)=C/C=C/C=C/[C@@H](C)C[C@@H](C)C(=O)[C@@H]1OC. The Labute approximate surface area is 475 Å². The average molecular weight is 1140 g/mol. The standard InChI is InChI=1S/C59H94N8O12Si/c1-13-80(14-2,15-3)79-54-43(9)30-41(7)50(68)33-45(40(6)31-44-24-27-48(52(32-44)75-11)67-37-62-64-65-67)36-77-58(72)49-23-19-20-28-66(49)57(71)56(70)59(73)46(35-61-63-60)25-26-47(78-59)34-51(74-10)39(5)22-18-16-17-21-38(4)29-42(8)53(69)55(54)76-12/h16-18,21-22,30,37-38,40-42,44-49,51-52,54-55,73H,13-15,19-20,23-29,31-36H2,1-12H3/b18-16+,21-17+,39-22+,43-30+/t38-,40-,41-,42-,44+,45-,46+,47+,48+,49+,51+,52-,54-,55+,59-/m1/s1. The van der Waals surface area contributed by atoms with Crippen LogP contribution < -0.4 is 0 Å². The highest BCUT2D eigenvalue weighted by Crippen LogP contribution is 2.40. The molecule has 15 atom stereocenters. The summed E-state index contributed by atoms with van der Waals surface area (Å²) in [4.78, 5) is 77.0. The lowest BCUT2D eigenvalue weighted by Crippen LogP contribution is -2.61. The fourth-order valence-electron chi connectivity index (χ4n) is 12.6. The first kappa shape index (κ1) is 66.1. The van der Waals surface area contributed by atoms with Crippen LogP contribution in [-0.2, 0) is 52.1 Å². The first-order chi connectivity index (χ1) is 38.2. The average Bonchev–Trinajstić information content (AvgIpc) is 4.00. The summed E-state index contributed by atoms with van der Waals surface area (Å²) in [5.74, 6) is -8.27. The van der Waals surface area contributed by atoms with Gasteiger partial charge in [-0.3, -0.25) is 19.2 Å². The molecule has 4 aliphatic rings. The molecule has 0 spiro atoms. The Kier molecular flexibility index (Phi) is 26.1. The summed E-state index contributed by atoms with van der Waals surface area (Å²) in [5.41, 5.74) is 10.9. The number of fused-ring (bicyclic) bond motifs is 3. The smallest absolute Gasteiger partial charge is 0.328 e. The molecule has 2 bridgehead atoms. The van der Waals surface area contributed by atoms with Gasteiger partial charge in [0.15, 0.2) is 14.1 Å². The Balaban J connectivity index is 1.54. The molecule has 20 nitrogen and oxygen atoms in total. The van der Waals surface area contributed by atoms with Gasteiger partial charge >= 0.3 is 5.97 Å². The van der Waals surface area contributed by atoms with Gasteiger partial charge in [0.1, 0.15) is 24.3 Å². The van der Waals surface area contributed by atoms with E-state index in [4.69, 9.17) is 28.1 Å². The Bertz CT molecular complexity index is 2360. The monoisotopic (exact) mass is 1130 g/mol. The minimum Gasteiger partial charge on any atom is -0.464 e. The summed E-state index contributed by atoms with van der Waals surface area (Å²) >= 11 is 0. The summed E-state index contributed by atoms with van der Waals surface area (Å²) in [6, 6.07) is 1.34. The van der Waals surface area contributed by atoms with Crippen molar-refractivity contribution in [2.45, 2.75) is 206 Å². The number of tetrazole rings is 1. The third-order valence-electron chi connectivity index (χ3n) is 18.0. The van der Waals surface area contributed by atoms with Crippen LogP contribution in [0.2, 0.25) is 18.1 Å². The maximum Gasteiger partial charge on any atom is 0.328 e. The summed E-state index contributed by atoms with van der Waals surface area (Å²) in [6.45, 7) is 17.8. The molecule has 21 heteroatoms. The number of carbonyl (C=O) groups excluding carboxylic acids is 5. The maximum absolute atomic E-state index is 14.8. The second-order valence-corrected chi connectivity index (χ2v) is 28.1. The molecule has 2 saturated heterocycles. The van der Waals surface area contributed by atoms with Gasteiger partial charge in [0.25, 0.3) is 11.7 Å². The second kappa shape index (κ2) is 31.6. The minimum absolute atomic E-state index is 0.0285. The maximum atomic E-state index is 14.8. The molecular weight excluding hydrogens is 1040 g/mol. The Hall–Kier alpha value is -4.73. The summed E-state index contributed by atoms with van der Waals surface area (Å²) in [5, 5.41) is 27.8. The van der Waals surface area contributed by atoms with Gasteiger partial charge < -0.3 is 38.1 Å². The Morgan fingerprint density at radius 1 is 0.900 bits per heavy atom. The Morgan fingerprint density at radius 3 is 2.29 bits per heavy atom. The summed E-state index contributed by atoms with van der Waals surface area (Å²) < 4.78 is 39.4. The number of rotatable bonds is 14. The Morgan fingerprint density at radius 2 is 1.64 bits per heavy atom. The minimum atomic E-state index is -2.67. The van der Waals surface area contributed by atoms with Crippen LogP contribution in [0.3, 0.4) is 0 Å². The third-order valence-corrected chi connectivity index (χ3v) is 22.7. The van der Waals surface area contributed by atoms with E-state index in [0.717, 1.165) is 48.5 Å². The predicted octanol–water partition coefficient (Wildman–Crippen LogP) is 9.62. The molecule has 80 heavy (non-hydrogen) atoms. The molecule has 0 aromatic carbocycles. The molecular formula is C59H94N8O12Si. The molecule has 3 fully saturated rings. The predicted molar refractivity (Wildman–Crippen MR) is 305 cm³/mol. The molecule has 1 aromatic rings. The molecule has 5 rings (SSSR count). The van der Waals surface area contributed by atoms with Gasteiger partial charge in [-0.15, -0.1) is 5.10 Å². The molecule has 1 aliphatic carbocycles. The van der Waals surface area contributed by atoms with Crippen molar-refractivity contribution < 1.29 is 57.2 Å². The van der Waals surface area contributed by atoms with Gasteiger partial charge in [-0.1, -0.05) is 90.0 Å². The number of piperidine rings is 1. The van der Waals surface area contributed by atoms with Crippen LogP contribution in [0.5, 0.6) is 0 Å². The quantitative estimate of drug-likeness (QED) is 0.0346. The normalized spacial score (nSPS) is 35.3. The van der Waals surface area contributed by atoms with Crippen molar-refractivity contribution in [2.24, 2.45) is 46.5 Å². The number of hydrogen-bond acceptors (Lipinski definition) is 16. The van der Waals surface area contributed by atoms with E-state index in [1.807, 2.05) is 58.1 Å². The van der Waals surface area contributed by atoms with E-state index in [2.05, 4.69) is 66.2 Å². The summed E-state index contributed by atoms with van der Waals surface area (Å²) in [6.07, 6.45) is 16.0. The fourth-order valence-corrected chi connectivity index (χ4v) is 15.5. The number of aromatic nitrogens is 4. The molecule has 1 amide bonds. The van der Waals surface area contributed by atoms with E-state index < -0.39 is 80.0 Å². The largest absolute Gasteiger partial charge is 0.464 e. The van der Waals surface area contributed by atoms with Gasteiger partial charge in [0.2, 0.25) is 5.79 Å². The first-order valence-corrected chi connectivity index (χ1v) is 31.9. The van der Waals surface area contributed by atoms with E-state index in [-0.39, 0.29) is 92.8 Å². The summed E-state index contributed by atoms with van der Waals surface area (Å²) in [7, 11) is 2.44. The number of aliphatic hydroxyl groups is 1. The zero-order valence-electron chi connectivity index (χ0n) is 49.9. The number of ketones is 3. The van der Waals surface area contributed by atoms with Crippen LogP contribution in [0, 0.1) is 41.4 Å². The van der Waals surface area contributed by atoms with Crippen LogP contribution in [0.1, 0.15) is 145 Å². The van der Waals surface area contributed by atoms with Crippen LogP contribution >= 0.6 is 0 Å². The van der Waals surface area contributed by atoms with Crippen LogP contribution in [-0.4, -0.2) is 151 Å². The van der Waals surface area contributed by atoms with Gasteiger partial charge in [0.05, 0.1) is 37.1 Å². The lowest BCUT2D eigenvalue weighted by Gasteiger charge is -2.43. The van der Waals surface area contributed by atoms with E-state index in [9.17, 15) is 34.6 Å². The highest BCUT2D eigenvalue weighted by molar-refractivity contribution is 6.73. The molecule has 1 N–H and O–H groups in total. The number of nitrogens with zero attached hydrogens (tertiary/aromatic N) is 8. The molecule has 0 unspecified atom stereocenters. The molecule has 446 valence electrons. The number of esters is 1. The lowest BCUT2D eigenvalue weighted by molar-refractivity contribution is -0.266. The number of allylic oxidation sites excluding steroid dienone is 6. The number of cyclic esters (lactones) is 1. The van der Waals surface area contributed by atoms with E-state index >= 15 is 0 Å². The molecule has 1 saturated carbocycles. The fraction of sp³-hybridized carbons (Fsp3) is 0.763. The van der Waals surface area contributed by atoms with Crippen LogP contribution in [0.4, 0.5) is 0 Å². The van der Waals surface area contributed by atoms with Crippen molar-refractivity contribution in [2.75, 3.05) is 41.0 Å². The first-order valence-electron chi connectivity index (χ1n) is 29.4. The number of methoxy groups -OCH3 is 3. The zero-order chi connectivity index (χ0) is 58.7. The van der Waals surface area contributed by atoms with Crippen molar-refractivity contribution in [1.82, 2.24) is 25.1 Å². The van der Waals surface area contributed by atoms with Crippen molar-refractivity contribution in [3.05, 3.63) is 64.4 Å². The number of Topliss-reactive ketones (excluding diaryl/α,β-unsaturated/α-hetero) is 3. The second-order valence-electron chi connectivity index (χ2n) is 23.3. The van der Waals surface area contributed by atoms with Gasteiger partial charge in [-0.2, -0.15) is 0 Å². The molecule has 0 radical (unpaired) electrons. The van der Waals surface area contributed by atoms with Crippen molar-refractivity contribution >= 4 is 37.5 Å². The van der Waals surface area contributed by atoms with Crippen LogP contribution in [0.25, 0.3) is 10.4 Å². The number of carbonyl (C=O) groups is 5.